The van der Waals surface area contributed by atoms with E-state index in [-0.39, 0.29) is 12.6 Å². The van der Waals surface area contributed by atoms with Crippen LogP contribution in [0.5, 0.6) is 0 Å². The van der Waals surface area contributed by atoms with Crippen molar-refractivity contribution in [3.05, 3.63) is 22.3 Å². The van der Waals surface area contributed by atoms with Gasteiger partial charge in [0.2, 0.25) is 0 Å². The normalized spacial score (nSPS) is 20.7. The van der Waals surface area contributed by atoms with Crippen molar-refractivity contribution in [1.82, 2.24) is 9.88 Å². The van der Waals surface area contributed by atoms with Crippen LogP contribution in [0, 0.1) is 6.92 Å². The lowest BCUT2D eigenvalue weighted by atomic mass is 10.1. The number of piperazine rings is 1. The fraction of sp³-hybridized carbons (Fsp3) is 0.643. The van der Waals surface area contributed by atoms with E-state index in [4.69, 9.17) is 0 Å². The largest absolute Gasteiger partial charge is 0.354 e. The van der Waals surface area contributed by atoms with E-state index in [2.05, 4.69) is 25.8 Å². The summed E-state index contributed by atoms with van der Waals surface area (Å²) >= 11 is 3.44. The molecule has 1 saturated heterocycles. The molecule has 3 nitrogen and oxygen atoms in total. The molecule has 112 valence electrons. The second-order valence-electron chi connectivity index (χ2n) is 5.13. The summed E-state index contributed by atoms with van der Waals surface area (Å²) in [5.41, 5.74) is 0.950. The number of halogens is 3. The molecule has 0 aromatic carbocycles. The molecule has 1 aromatic rings. The molecule has 20 heavy (non-hydrogen) atoms. The van der Waals surface area contributed by atoms with Gasteiger partial charge in [-0.05, 0) is 41.4 Å². The Hall–Kier alpha value is -0.750. The Morgan fingerprint density at radius 1 is 1.40 bits per heavy atom. The van der Waals surface area contributed by atoms with Gasteiger partial charge >= 0.3 is 0 Å². The van der Waals surface area contributed by atoms with Gasteiger partial charge in [-0.3, -0.25) is 4.90 Å². The Kier molecular flexibility index (Phi) is 5.32. The summed E-state index contributed by atoms with van der Waals surface area (Å²) in [6.45, 7) is 6.05. The second kappa shape index (κ2) is 6.80. The molecule has 0 radical (unpaired) electrons. The van der Waals surface area contributed by atoms with Crippen LogP contribution < -0.4 is 4.90 Å². The third kappa shape index (κ3) is 3.67. The van der Waals surface area contributed by atoms with Crippen molar-refractivity contribution in [2.75, 3.05) is 31.1 Å². The van der Waals surface area contributed by atoms with Gasteiger partial charge in [-0.15, -0.1) is 0 Å². The van der Waals surface area contributed by atoms with Crippen LogP contribution in [-0.4, -0.2) is 48.5 Å². The summed E-state index contributed by atoms with van der Waals surface area (Å²) < 4.78 is 26.1. The molecule has 1 aromatic heterocycles. The van der Waals surface area contributed by atoms with E-state index >= 15 is 0 Å². The van der Waals surface area contributed by atoms with Crippen LogP contribution >= 0.6 is 15.9 Å². The number of aryl methyl sites for hydroxylation is 1. The molecule has 2 heterocycles. The summed E-state index contributed by atoms with van der Waals surface area (Å²) in [5, 5.41) is 0. The van der Waals surface area contributed by atoms with E-state index < -0.39 is 6.43 Å². The number of hydrogen-bond acceptors (Lipinski definition) is 3. The average Bonchev–Trinajstić information content (AvgIpc) is 2.42. The van der Waals surface area contributed by atoms with Gasteiger partial charge in [0.15, 0.2) is 0 Å². The highest BCUT2D eigenvalue weighted by Gasteiger charge is 2.28. The molecule has 0 aliphatic carbocycles. The number of nitrogens with zero attached hydrogens (tertiary/aromatic N) is 3. The first kappa shape index (κ1) is 15.6. The summed E-state index contributed by atoms with van der Waals surface area (Å²) in [6.07, 6.45) is -1.39. The summed E-state index contributed by atoms with van der Waals surface area (Å²) in [5.74, 6) is 0.931. The number of anilines is 1. The number of alkyl halides is 2. The molecule has 1 aliphatic rings. The molecule has 1 aliphatic heterocycles. The third-order valence-corrected chi connectivity index (χ3v) is 4.62. The number of pyridine rings is 1. The minimum Gasteiger partial charge on any atom is -0.354 e. The van der Waals surface area contributed by atoms with Gasteiger partial charge < -0.3 is 4.90 Å². The molecular weight excluding hydrogens is 328 g/mol. The molecule has 0 saturated carbocycles. The molecule has 6 heteroatoms. The first-order chi connectivity index (χ1) is 9.51. The number of aromatic nitrogens is 1. The fourth-order valence-corrected chi connectivity index (χ4v) is 2.83. The van der Waals surface area contributed by atoms with Gasteiger partial charge in [-0.1, -0.05) is 6.92 Å². The molecule has 0 N–H and O–H groups in total. The number of hydrogen-bond donors (Lipinski definition) is 0. The predicted octanol–water partition coefficient (Wildman–Crippen LogP) is 3.32. The zero-order valence-corrected chi connectivity index (χ0v) is 13.4. The van der Waals surface area contributed by atoms with E-state index in [1.165, 1.54) is 0 Å². The van der Waals surface area contributed by atoms with Crippen molar-refractivity contribution < 1.29 is 8.78 Å². The van der Waals surface area contributed by atoms with E-state index in [0.717, 1.165) is 35.5 Å². The van der Waals surface area contributed by atoms with Crippen LogP contribution in [0.4, 0.5) is 14.6 Å². The van der Waals surface area contributed by atoms with Crippen molar-refractivity contribution >= 4 is 21.7 Å². The highest BCUT2D eigenvalue weighted by atomic mass is 79.9. The lowest BCUT2D eigenvalue weighted by Gasteiger charge is -2.41. The minimum absolute atomic E-state index is 0.126. The molecule has 1 fully saturated rings. The Morgan fingerprint density at radius 2 is 2.15 bits per heavy atom. The Morgan fingerprint density at radius 3 is 2.75 bits per heavy atom. The molecule has 0 spiro atoms. The summed E-state index contributed by atoms with van der Waals surface area (Å²) in [7, 11) is 0. The Bertz CT molecular complexity index is 456. The maximum Gasteiger partial charge on any atom is 0.251 e. The standard InChI is InChI=1S/C14H20BrF2N3/c1-3-11-8-20(7-6-19(11)9-13(16)17)14-5-4-12(15)10(2)18-14/h4-5,11,13H,3,6-9H2,1-2H3. The van der Waals surface area contributed by atoms with Gasteiger partial charge in [0.05, 0.1) is 12.2 Å². The molecule has 1 atom stereocenters. The predicted molar refractivity (Wildman–Crippen MR) is 80.5 cm³/mol. The van der Waals surface area contributed by atoms with Gasteiger partial charge in [0.25, 0.3) is 6.43 Å². The van der Waals surface area contributed by atoms with Crippen molar-refractivity contribution in [2.24, 2.45) is 0 Å². The highest BCUT2D eigenvalue weighted by Crippen LogP contribution is 2.23. The van der Waals surface area contributed by atoms with Crippen LogP contribution in [0.15, 0.2) is 16.6 Å². The van der Waals surface area contributed by atoms with Crippen LogP contribution in [0.3, 0.4) is 0 Å². The van der Waals surface area contributed by atoms with Gasteiger partial charge in [-0.25, -0.2) is 13.8 Å². The monoisotopic (exact) mass is 347 g/mol. The zero-order chi connectivity index (χ0) is 14.7. The van der Waals surface area contributed by atoms with Crippen molar-refractivity contribution in [2.45, 2.75) is 32.7 Å². The van der Waals surface area contributed by atoms with Gasteiger partial charge in [0, 0.05) is 30.1 Å². The van der Waals surface area contributed by atoms with Crippen molar-refractivity contribution in [3.8, 4) is 0 Å². The average molecular weight is 348 g/mol. The van der Waals surface area contributed by atoms with Crippen molar-refractivity contribution in [1.29, 1.82) is 0 Å². The maximum absolute atomic E-state index is 12.6. The second-order valence-corrected chi connectivity index (χ2v) is 5.99. The van der Waals surface area contributed by atoms with E-state index in [1.54, 1.807) is 0 Å². The summed E-state index contributed by atoms with van der Waals surface area (Å²) in [4.78, 5) is 8.65. The Labute approximate surface area is 127 Å². The molecule has 0 bridgehead atoms. The first-order valence-electron chi connectivity index (χ1n) is 6.91. The first-order valence-corrected chi connectivity index (χ1v) is 7.70. The lowest BCUT2D eigenvalue weighted by molar-refractivity contribution is 0.0586. The topological polar surface area (TPSA) is 19.4 Å². The lowest BCUT2D eigenvalue weighted by Crippen LogP contribution is -2.54. The quantitative estimate of drug-likeness (QED) is 0.832. The zero-order valence-electron chi connectivity index (χ0n) is 11.8. The highest BCUT2D eigenvalue weighted by molar-refractivity contribution is 9.10. The van der Waals surface area contributed by atoms with Crippen LogP contribution in [0.1, 0.15) is 19.0 Å². The van der Waals surface area contributed by atoms with Crippen molar-refractivity contribution in [3.63, 3.8) is 0 Å². The van der Waals surface area contributed by atoms with E-state index in [9.17, 15) is 8.78 Å². The van der Waals surface area contributed by atoms with Crippen LogP contribution in [-0.2, 0) is 0 Å². The molecule has 0 amide bonds. The fourth-order valence-electron chi connectivity index (χ4n) is 2.61. The molecule has 1 unspecified atom stereocenters. The Balaban J connectivity index is 2.07. The van der Waals surface area contributed by atoms with Gasteiger partial charge in [0.1, 0.15) is 5.82 Å². The van der Waals surface area contributed by atoms with Gasteiger partial charge in [-0.2, -0.15) is 0 Å². The minimum atomic E-state index is -2.26. The smallest absolute Gasteiger partial charge is 0.251 e. The molecule has 2 rings (SSSR count). The van der Waals surface area contributed by atoms with Crippen LogP contribution in [0.25, 0.3) is 0 Å². The summed E-state index contributed by atoms with van der Waals surface area (Å²) in [6, 6.07) is 4.14. The maximum atomic E-state index is 12.6. The van der Waals surface area contributed by atoms with Crippen LogP contribution in [0.2, 0.25) is 0 Å². The third-order valence-electron chi connectivity index (χ3n) is 3.78. The SMILES string of the molecule is CCC1CN(c2ccc(Br)c(C)n2)CCN1CC(F)F. The van der Waals surface area contributed by atoms with E-state index in [0.29, 0.717) is 6.54 Å². The van der Waals surface area contributed by atoms with E-state index in [1.807, 2.05) is 30.9 Å². The molecular formula is C14H20BrF2N3. The number of rotatable bonds is 4.